The van der Waals surface area contributed by atoms with Crippen molar-refractivity contribution in [1.29, 1.82) is 0 Å². The zero-order chi connectivity index (χ0) is 13.8. The molecule has 6 heteroatoms. The number of halogens is 1. The molecule has 2 heterocycles. The molecule has 1 N–H and O–H groups in total. The minimum absolute atomic E-state index is 0.148. The quantitative estimate of drug-likeness (QED) is 0.923. The summed E-state index contributed by atoms with van der Waals surface area (Å²) in [7, 11) is 3.97. The maximum absolute atomic E-state index is 11.9. The van der Waals surface area contributed by atoms with Gasteiger partial charge in [0.05, 0.1) is 6.04 Å². The standard InChI is InChI=1S/C13H15ClN2O2S/c1-16(2)9(11-4-3-7-19-11)8-15-13(17)10-5-6-12(14)18-10/h3-7,9H,8H2,1-2H3,(H,15,17). The highest BCUT2D eigenvalue weighted by atomic mass is 35.5. The lowest BCUT2D eigenvalue weighted by molar-refractivity contribution is 0.0914. The normalized spacial score (nSPS) is 12.6. The Morgan fingerprint density at radius 2 is 2.26 bits per heavy atom. The van der Waals surface area contributed by atoms with Crippen LogP contribution in [0.1, 0.15) is 21.5 Å². The van der Waals surface area contributed by atoms with Crippen LogP contribution < -0.4 is 5.32 Å². The fourth-order valence-corrected chi connectivity index (χ4v) is 2.80. The first-order valence-electron chi connectivity index (χ1n) is 5.81. The van der Waals surface area contributed by atoms with Crippen LogP contribution >= 0.6 is 22.9 Å². The number of carbonyl (C=O) groups is 1. The molecule has 0 aliphatic rings. The number of amides is 1. The number of nitrogens with one attached hydrogen (secondary N) is 1. The third kappa shape index (κ3) is 3.59. The maximum atomic E-state index is 11.9. The lowest BCUT2D eigenvalue weighted by Gasteiger charge is -2.23. The molecule has 2 aromatic heterocycles. The summed E-state index contributed by atoms with van der Waals surface area (Å²) in [6, 6.07) is 7.33. The zero-order valence-corrected chi connectivity index (χ0v) is 12.3. The fourth-order valence-electron chi connectivity index (χ4n) is 1.73. The van der Waals surface area contributed by atoms with E-state index in [1.807, 2.05) is 25.5 Å². The molecule has 0 aliphatic carbocycles. The zero-order valence-electron chi connectivity index (χ0n) is 10.7. The van der Waals surface area contributed by atoms with Gasteiger partial charge in [-0.25, -0.2) is 0 Å². The minimum Gasteiger partial charge on any atom is -0.440 e. The van der Waals surface area contributed by atoms with Crippen molar-refractivity contribution < 1.29 is 9.21 Å². The van der Waals surface area contributed by atoms with Crippen molar-refractivity contribution in [2.24, 2.45) is 0 Å². The van der Waals surface area contributed by atoms with Crippen LogP contribution in [-0.4, -0.2) is 31.4 Å². The number of furan rings is 1. The lowest BCUT2D eigenvalue weighted by atomic mass is 10.2. The molecule has 0 aromatic carbocycles. The molecule has 0 spiro atoms. The highest BCUT2D eigenvalue weighted by Gasteiger charge is 2.17. The Morgan fingerprint density at radius 3 is 2.79 bits per heavy atom. The molecule has 1 amide bonds. The molecule has 0 fully saturated rings. The van der Waals surface area contributed by atoms with E-state index in [2.05, 4.69) is 16.3 Å². The Morgan fingerprint density at radius 1 is 1.47 bits per heavy atom. The lowest BCUT2D eigenvalue weighted by Crippen LogP contribution is -2.34. The molecule has 2 rings (SSSR count). The molecule has 102 valence electrons. The largest absolute Gasteiger partial charge is 0.440 e. The van der Waals surface area contributed by atoms with Crippen LogP contribution in [0.3, 0.4) is 0 Å². The number of carbonyl (C=O) groups excluding carboxylic acids is 1. The SMILES string of the molecule is CN(C)C(CNC(=O)c1ccc(Cl)o1)c1cccs1. The molecule has 0 bridgehead atoms. The number of hydrogen-bond acceptors (Lipinski definition) is 4. The smallest absolute Gasteiger partial charge is 0.287 e. The molecular formula is C13H15ClN2O2S. The molecule has 2 aromatic rings. The van der Waals surface area contributed by atoms with Crippen molar-refractivity contribution >= 4 is 28.8 Å². The second-order valence-electron chi connectivity index (χ2n) is 4.31. The first-order valence-corrected chi connectivity index (χ1v) is 7.07. The Labute approximate surface area is 121 Å². The molecule has 0 saturated carbocycles. The summed E-state index contributed by atoms with van der Waals surface area (Å²) >= 11 is 7.32. The molecule has 1 atom stereocenters. The van der Waals surface area contributed by atoms with Crippen LogP contribution in [0.5, 0.6) is 0 Å². The van der Waals surface area contributed by atoms with E-state index in [4.69, 9.17) is 16.0 Å². The van der Waals surface area contributed by atoms with E-state index in [0.717, 1.165) is 0 Å². The van der Waals surface area contributed by atoms with Crippen LogP contribution in [0.25, 0.3) is 0 Å². The summed E-state index contributed by atoms with van der Waals surface area (Å²) in [5, 5.41) is 5.10. The van der Waals surface area contributed by atoms with Crippen molar-refractivity contribution in [3.05, 3.63) is 45.5 Å². The third-order valence-electron chi connectivity index (χ3n) is 2.75. The van der Waals surface area contributed by atoms with Gasteiger partial charge in [-0.3, -0.25) is 4.79 Å². The van der Waals surface area contributed by atoms with Crippen molar-refractivity contribution in [3.8, 4) is 0 Å². The van der Waals surface area contributed by atoms with Gasteiger partial charge in [0, 0.05) is 11.4 Å². The van der Waals surface area contributed by atoms with Gasteiger partial charge < -0.3 is 14.6 Å². The van der Waals surface area contributed by atoms with Gasteiger partial charge in [-0.2, -0.15) is 0 Å². The summed E-state index contributed by atoms with van der Waals surface area (Å²) < 4.78 is 5.07. The first-order chi connectivity index (χ1) is 9.08. The summed E-state index contributed by atoms with van der Waals surface area (Å²) in [6.07, 6.45) is 0. The van der Waals surface area contributed by atoms with E-state index in [0.29, 0.717) is 6.54 Å². The van der Waals surface area contributed by atoms with E-state index in [-0.39, 0.29) is 22.9 Å². The first kappa shape index (κ1) is 14.1. The maximum Gasteiger partial charge on any atom is 0.287 e. The molecule has 0 aliphatic heterocycles. The van der Waals surface area contributed by atoms with Crippen LogP contribution in [0.4, 0.5) is 0 Å². The molecule has 1 unspecified atom stereocenters. The van der Waals surface area contributed by atoms with Crippen molar-refractivity contribution in [1.82, 2.24) is 10.2 Å². The number of nitrogens with zero attached hydrogens (tertiary/aromatic N) is 1. The van der Waals surface area contributed by atoms with E-state index in [1.54, 1.807) is 23.5 Å². The monoisotopic (exact) mass is 298 g/mol. The van der Waals surface area contributed by atoms with Gasteiger partial charge in [-0.1, -0.05) is 6.07 Å². The molecule has 19 heavy (non-hydrogen) atoms. The van der Waals surface area contributed by atoms with Gasteiger partial charge in [0.25, 0.3) is 5.91 Å². The number of thiophene rings is 1. The highest BCUT2D eigenvalue weighted by molar-refractivity contribution is 7.10. The second kappa shape index (κ2) is 6.23. The summed E-state index contributed by atoms with van der Waals surface area (Å²) in [5.41, 5.74) is 0. The fraction of sp³-hybridized carbons (Fsp3) is 0.308. The van der Waals surface area contributed by atoms with E-state index >= 15 is 0 Å². The van der Waals surface area contributed by atoms with Crippen molar-refractivity contribution in [2.75, 3.05) is 20.6 Å². The average Bonchev–Trinajstić information content (AvgIpc) is 3.00. The van der Waals surface area contributed by atoms with E-state index in [9.17, 15) is 4.79 Å². The van der Waals surface area contributed by atoms with Gasteiger partial charge >= 0.3 is 0 Å². The predicted octanol–water partition coefficient (Wildman–Crippen LogP) is 3.03. The Hall–Kier alpha value is -1.30. The van der Waals surface area contributed by atoms with Crippen LogP contribution in [-0.2, 0) is 0 Å². The van der Waals surface area contributed by atoms with Gasteiger partial charge in [-0.15, -0.1) is 11.3 Å². The number of likely N-dealkylation sites (N-methyl/N-ethyl adjacent to an activating group) is 1. The minimum atomic E-state index is -0.254. The van der Waals surface area contributed by atoms with Crippen LogP contribution in [0.2, 0.25) is 5.22 Å². The van der Waals surface area contributed by atoms with Crippen LogP contribution in [0, 0.1) is 0 Å². The van der Waals surface area contributed by atoms with Gasteiger partial charge in [-0.05, 0) is 49.3 Å². The second-order valence-corrected chi connectivity index (χ2v) is 5.66. The molecule has 4 nitrogen and oxygen atoms in total. The summed E-state index contributed by atoms with van der Waals surface area (Å²) in [5.74, 6) is -0.0241. The molecule has 0 saturated heterocycles. The Bertz CT molecular complexity index is 537. The van der Waals surface area contributed by atoms with Crippen LogP contribution in [0.15, 0.2) is 34.1 Å². The van der Waals surface area contributed by atoms with Gasteiger partial charge in [0.1, 0.15) is 0 Å². The number of rotatable bonds is 5. The van der Waals surface area contributed by atoms with Gasteiger partial charge in [0.2, 0.25) is 0 Å². The van der Waals surface area contributed by atoms with Gasteiger partial charge in [0.15, 0.2) is 11.0 Å². The molecular weight excluding hydrogens is 284 g/mol. The summed E-state index contributed by atoms with van der Waals surface area (Å²) in [6.45, 7) is 0.519. The number of hydrogen-bond donors (Lipinski definition) is 1. The highest BCUT2D eigenvalue weighted by Crippen LogP contribution is 2.22. The predicted molar refractivity (Wildman–Crippen MR) is 76.8 cm³/mol. The average molecular weight is 299 g/mol. The topological polar surface area (TPSA) is 45.5 Å². The van der Waals surface area contributed by atoms with Crippen molar-refractivity contribution in [2.45, 2.75) is 6.04 Å². The van der Waals surface area contributed by atoms with Crippen molar-refractivity contribution in [3.63, 3.8) is 0 Å². The van der Waals surface area contributed by atoms with E-state index in [1.165, 1.54) is 4.88 Å². The Kier molecular flexibility index (Phi) is 4.63. The van der Waals surface area contributed by atoms with E-state index < -0.39 is 0 Å². The Balaban J connectivity index is 1.98. The third-order valence-corrected chi connectivity index (χ3v) is 3.92. The summed E-state index contributed by atoms with van der Waals surface area (Å²) in [4.78, 5) is 15.2. The molecule has 0 radical (unpaired) electrons.